The van der Waals surface area contributed by atoms with E-state index in [1.165, 1.54) is 11.1 Å². The Hall–Kier alpha value is -1.86. The standard InChI is InChI=1S/C18H21N/c1-14(2)18(19-3)17(15-10-6-4-7-11-15)16-12-8-5-9-13-16/h4-13,17-19H,1H2,2-3H3. The van der Waals surface area contributed by atoms with Gasteiger partial charge in [0.05, 0.1) is 0 Å². The normalized spacial score (nSPS) is 12.4. The maximum Gasteiger partial charge on any atom is 0.0382 e. The van der Waals surface area contributed by atoms with Crippen LogP contribution < -0.4 is 5.32 Å². The van der Waals surface area contributed by atoms with Crippen LogP contribution >= 0.6 is 0 Å². The third kappa shape index (κ3) is 3.12. The van der Waals surface area contributed by atoms with Crippen LogP contribution in [0, 0.1) is 0 Å². The molecule has 0 aliphatic heterocycles. The zero-order valence-electron chi connectivity index (χ0n) is 11.6. The van der Waals surface area contributed by atoms with Crippen molar-refractivity contribution in [1.82, 2.24) is 5.32 Å². The minimum atomic E-state index is 0.241. The summed E-state index contributed by atoms with van der Waals surface area (Å²) in [6.45, 7) is 6.22. The Balaban J connectivity index is 2.48. The van der Waals surface area contributed by atoms with Crippen LogP contribution in [-0.4, -0.2) is 13.1 Å². The fraction of sp³-hybridized carbons (Fsp3) is 0.222. The van der Waals surface area contributed by atoms with Crippen molar-refractivity contribution in [3.63, 3.8) is 0 Å². The quantitative estimate of drug-likeness (QED) is 0.792. The molecule has 0 aromatic heterocycles. The summed E-state index contributed by atoms with van der Waals surface area (Å²) < 4.78 is 0. The molecule has 0 radical (unpaired) electrons. The Morgan fingerprint density at radius 3 is 1.63 bits per heavy atom. The molecule has 1 nitrogen and oxygen atoms in total. The summed E-state index contributed by atoms with van der Waals surface area (Å²) in [6.07, 6.45) is 0. The molecule has 0 bridgehead atoms. The minimum Gasteiger partial charge on any atom is -0.312 e. The monoisotopic (exact) mass is 251 g/mol. The van der Waals surface area contributed by atoms with Crippen LogP contribution in [0.2, 0.25) is 0 Å². The van der Waals surface area contributed by atoms with E-state index < -0.39 is 0 Å². The van der Waals surface area contributed by atoms with Crippen molar-refractivity contribution in [1.29, 1.82) is 0 Å². The smallest absolute Gasteiger partial charge is 0.0382 e. The predicted octanol–water partition coefficient (Wildman–Crippen LogP) is 3.98. The van der Waals surface area contributed by atoms with Crippen molar-refractivity contribution >= 4 is 0 Å². The van der Waals surface area contributed by atoms with Crippen LogP contribution in [0.3, 0.4) is 0 Å². The molecule has 19 heavy (non-hydrogen) atoms. The first-order valence-corrected chi connectivity index (χ1v) is 6.66. The fourth-order valence-corrected chi connectivity index (χ4v) is 2.60. The molecular weight excluding hydrogens is 230 g/mol. The average molecular weight is 251 g/mol. The van der Waals surface area contributed by atoms with Gasteiger partial charge in [0.2, 0.25) is 0 Å². The highest BCUT2D eigenvalue weighted by Crippen LogP contribution is 2.30. The molecule has 2 aromatic rings. The van der Waals surface area contributed by atoms with E-state index >= 15 is 0 Å². The molecule has 1 N–H and O–H groups in total. The molecule has 1 unspecified atom stereocenters. The van der Waals surface area contributed by atoms with E-state index in [0.717, 1.165) is 5.57 Å². The molecule has 0 fully saturated rings. The van der Waals surface area contributed by atoms with Gasteiger partial charge in [0.1, 0.15) is 0 Å². The van der Waals surface area contributed by atoms with Crippen molar-refractivity contribution in [2.45, 2.75) is 18.9 Å². The molecule has 2 rings (SSSR count). The lowest BCUT2D eigenvalue weighted by atomic mass is 9.82. The number of nitrogens with one attached hydrogen (secondary N) is 1. The molecule has 0 heterocycles. The largest absolute Gasteiger partial charge is 0.312 e. The Morgan fingerprint density at radius 2 is 1.32 bits per heavy atom. The van der Waals surface area contributed by atoms with Gasteiger partial charge in [-0.25, -0.2) is 0 Å². The summed E-state index contributed by atoms with van der Waals surface area (Å²) in [5.74, 6) is 0.296. The van der Waals surface area contributed by atoms with Crippen molar-refractivity contribution < 1.29 is 0 Å². The minimum absolute atomic E-state index is 0.241. The SMILES string of the molecule is C=C(C)C(NC)C(c1ccccc1)c1ccccc1. The number of rotatable bonds is 5. The highest BCUT2D eigenvalue weighted by molar-refractivity contribution is 5.37. The topological polar surface area (TPSA) is 12.0 Å². The van der Waals surface area contributed by atoms with E-state index in [1.54, 1.807) is 0 Å². The van der Waals surface area contributed by atoms with Gasteiger partial charge in [-0.15, -0.1) is 0 Å². The lowest BCUT2D eigenvalue weighted by Crippen LogP contribution is -2.33. The Kier molecular flexibility index (Phi) is 4.53. The summed E-state index contributed by atoms with van der Waals surface area (Å²) in [4.78, 5) is 0. The lowest BCUT2D eigenvalue weighted by Gasteiger charge is -2.28. The van der Waals surface area contributed by atoms with E-state index in [4.69, 9.17) is 0 Å². The van der Waals surface area contributed by atoms with Crippen molar-refractivity contribution in [2.24, 2.45) is 0 Å². The third-order valence-corrected chi connectivity index (χ3v) is 3.49. The molecular formula is C18H21N. The van der Waals surface area contributed by atoms with Gasteiger partial charge < -0.3 is 5.32 Å². The van der Waals surface area contributed by atoms with Crippen LogP contribution in [-0.2, 0) is 0 Å². The van der Waals surface area contributed by atoms with Crippen molar-refractivity contribution in [2.75, 3.05) is 7.05 Å². The number of benzene rings is 2. The van der Waals surface area contributed by atoms with Crippen LogP contribution in [0.5, 0.6) is 0 Å². The maximum absolute atomic E-state index is 4.14. The van der Waals surface area contributed by atoms with E-state index in [1.807, 2.05) is 7.05 Å². The molecule has 0 aliphatic carbocycles. The number of hydrogen-bond acceptors (Lipinski definition) is 1. The molecule has 0 aliphatic rings. The molecule has 1 atom stereocenters. The first kappa shape index (κ1) is 13.6. The van der Waals surface area contributed by atoms with Gasteiger partial charge in [0, 0.05) is 12.0 Å². The first-order valence-electron chi connectivity index (χ1n) is 6.66. The summed E-state index contributed by atoms with van der Waals surface area (Å²) in [5, 5.41) is 3.40. The molecule has 0 spiro atoms. The third-order valence-electron chi connectivity index (χ3n) is 3.49. The Bertz CT molecular complexity index is 476. The number of hydrogen-bond donors (Lipinski definition) is 1. The van der Waals surface area contributed by atoms with Crippen molar-refractivity contribution in [3.8, 4) is 0 Å². The van der Waals surface area contributed by atoms with Crippen molar-refractivity contribution in [3.05, 3.63) is 83.9 Å². The fourth-order valence-electron chi connectivity index (χ4n) is 2.60. The van der Waals surface area contributed by atoms with Gasteiger partial charge in [0.15, 0.2) is 0 Å². The second-order valence-corrected chi connectivity index (χ2v) is 4.91. The lowest BCUT2D eigenvalue weighted by molar-refractivity contribution is 0.570. The van der Waals surface area contributed by atoms with Crippen LogP contribution in [0.4, 0.5) is 0 Å². The van der Waals surface area contributed by atoms with Crippen LogP contribution in [0.15, 0.2) is 72.8 Å². The van der Waals surface area contributed by atoms with Gasteiger partial charge in [-0.3, -0.25) is 0 Å². The molecule has 0 saturated carbocycles. The molecule has 1 heteroatoms. The van der Waals surface area contributed by atoms with Crippen LogP contribution in [0.25, 0.3) is 0 Å². The van der Waals surface area contributed by atoms with Gasteiger partial charge in [0.25, 0.3) is 0 Å². The molecule has 2 aromatic carbocycles. The Morgan fingerprint density at radius 1 is 0.895 bits per heavy atom. The second-order valence-electron chi connectivity index (χ2n) is 4.91. The van der Waals surface area contributed by atoms with Gasteiger partial charge in [-0.1, -0.05) is 72.8 Å². The number of likely N-dealkylation sites (N-methyl/N-ethyl adjacent to an activating group) is 1. The summed E-state index contributed by atoms with van der Waals surface area (Å²) in [6, 6.07) is 21.5. The van der Waals surface area contributed by atoms with E-state index in [2.05, 4.69) is 79.5 Å². The van der Waals surface area contributed by atoms with E-state index in [9.17, 15) is 0 Å². The zero-order chi connectivity index (χ0) is 13.7. The highest BCUT2D eigenvalue weighted by atomic mass is 14.9. The molecule has 98 valence electrons. The van der Waals surface area contributed by atoms with Gasteiger partial charge in [-0.2, -0.15) is 0 Å². The highest BCUT2D eigenvalue weighted by Gasteiger charge is 2.23. The van der Waals surface area contributed by atoms with E-state index in [-0.39, 0.29) is 6.04 Å². The summed E-state index contributed by atoms with van der Waals surface area (Å²) in [7, 11) is 2.00. The van der Waals surface area contributed by atoms with Gasteiger partial charge in [-0.05, 0) is 25.1 Å². The average Bonchev–Trinajstić information content (AvgIpc) is 2.46. The first-order chi connectivity index (χ1) is 9.24. The second kappa shape index (κ2) is 6.35. The molecule has 0 amide bonds. The Labute approximate surface area is 116 Å². The van der Waals surface area contributed by atoms with Crippen LogP contribution in [0.1, 0.15) is 24.0 Å². The molecule has 0 saturated heterocycles. The maximum atomic E-state index is 4.14. The predicted molar refractivity (Wildman–Crippen MR) is 82.4 cm³/mol. The van der Waals surface area contributed by atoms with Gasteiger partial charge >= 0.3 is 0 Å². The summed E-state index contributed by atoms with van der Waals surface area (Å²) in [5.41, 5.74) is 3.78. The zero-order valence-corrected chi connectivity index (χ0v) is 11.6. The van der Waals surface area contributed by atoms with E-state index in [0.29, 0.717) is 5.92 Å². The summed E-state index contributed by atoms with van der Waals surface area (Å²) >= 11 is 0.